The summed E-state index contributed by atoms with van der Waals surface area (Å²) in [7, 11) is 0. The minimum Gasteiger partial charge on any atom is -0.367 e. The van der Waals surface area contributed by atoms with Crippen LogP contribution in [-0.2, 0) is 33.5 Å². The number of halogens is 4. The molecule has 0 radical (unpaired) electrons. The van der Waals surface area contributed by atoms with E-state index in [9.17, 15) is 27.2 Å². The van der Waals surface area contributed by atoms with Crippen LogP contribution in [0.1, 0.15) is 30.3 Å². The predicted molar refractivity (Wildman–Crippen MR) is 116 cm³/mol. The monoisotopic (exact) mass is 495 g/mol. The van der Waals surface area contributed by atoms with Crippen molar-refractivity contribution in [1.82, 2.24) is 19.8 Å². The summed E-state index contributed by atoms with van der Waals surface area (Å²) in [6.07, 6.45) is -5.02. The molecule has 1 fully saturated rings. The number of fused-ring (bicyclic) bond motifs is 1. The quantitative estimate of drug-likeness (QED) is 0.638. The highest BCUT2D eigenvalue weighted by Gasteiger charge is 2.39. The van der Waals surface area contributed by atoms with Gasteiger partial charge >= 0.3 is 6.18 Å². The lowest BCUT2D eigenvalue weighted by molar-refractivity contribution is -0.148. The van der Waals surface area contributed by atoms with Gasteiger partial charge in [-0.05, 0) is 25.5 Å². The zero-order valence-corrected chi connectivity index (χ0v) is 19.0. The molecule has 2 aliphatic heterocycles. The third-order valence-corrected chi connectivity index (χ3v) is 5.98. The van der Waals surface area contributed by atoms with Crippen molar-refractivity contribution in [2.24, 2.45) is 5.73 Å². The second kappa shape index (κ2) is 9.86. The van der Waals surface area contributed by atoms with Crippen LogP contribution in [0.2, 0.25) is 0 Å². The van der Waals surface area contributed by atoms with E-state index < -0.39 is 23.7 Å². The van der Waals surface area contributed by atoms with Gasteiger partial charge in [-0.15, -0.1) is 0 Å². The van der Waals surface area contributed by atoms with Gasteiger partial charge in [0.25, 0.3) is 0 Å². The fourth-order valence-electron chi connectivity index (χ4n) is 4.28. The minimum absolute atomic E-state index is 0.0420. The summed E-state index contributed by atoms with van der Waals surface area (Å²) in [5.74, 6) is -1.45. The van der Waals surface area contributed by atoms with Crippen molar-refractivity contribution in [3.63, 3.8) is 0 Å². The summed E-state index contributed by atoms with van der Waals surface area (Å²) in [5, 5.41) is 0. The number of rotatable bonds is 5. The van der Waals surface area contributed by atoms with Crippen LogP contribution in [0.4, 0.5) is 17.6 Å². The van der Waals surface area contributed by atoms with Crippen LogP contribution < -0.4 is 5.73 Å². The second-order valence-corrected chi connectivity index (χ2v) is 8.78. The van der Waals surface area contributed by atoms with Crippen molar-refractivity contribution < 1.29 is 31.9 Å². The molecule has 12 heteroatoms. The Bertz CT molecular complexity index is 1130. The second-order valence-electron chi connectivity index (χ2n) is 8.78. The number of benzene rings is 1. The lowest BCUT2D eigenvalue weighted by atomic mass is 10.0. The Hall–Kier alpha value is -3.12. The smallest absolute Gasteiger partial charge is 0.367 e. The Balaban J connectivity index is 1.51. The van der Waals surface area contributed by atoms with Crippen molar-refractivity contribution in [1.29, 1.82) is 0 Å². The predicted octanol–water partition coefficient (Wildman–Crippen LogP) is 2.15. The third-order valence-electron chi connectivity index (χ3n) is 5.98. The van der Waals surface area contributed by atoms with Crippen molar-refractivity contribution in [2.75, 3.05) is 26.2 Å². The summed E-state index contributed by atoms with van der Waals surface area (Å²) >= 11 is 0. The molecule has 8 nitrogen and oxygen atoms in total. The summed E-state index contributed by atoms with van der Waals surface area (Å²) in [4.78, 5) is 35.8. The lowest BCUT2D eigenvalue weighted by Crippen LogP contribution is -2.51. The number of hydrogen-bond donors (Lipinski definition) is 1. The molecule has 0 saturated carbocycles. The first-order valence-electron chi connectivity index (χ1n) is 11.2. The van der Waals surface area contributed by atoms with Gasteiger partial charge in [0.15, 0.2) is 11.5 Å². The van der Waals surface area contributed by atoms with E-state index in [2.05, 4.69) is 9.97 Å². The molecule has 188 valence electrons. The van der Waals surface area contributed by atoms with E-state index in [1.54, 1.807) is 4.90 Å². The van der Waals surface area contributed by atoms with E-state index in [1.165, 1.54) is 23.1 Å². The number of nitrogens with zero attached hydrogens (tertiary/aromatic N) is 4. The molecule has 0 bridgehead atoms. The van der Waals surface area contributed by atoms with E-state index in [0.717, 1.165) is 6.07 Å². The van der Waals surface area contributed by atoms with Crippen molar-refractivity contribution in [3.05, 3.63) is 47.0 Å². The topological polar surface area (TPSA) is 102 Å². The average molecular weight is 495 g/mol. The van der Waals surface area contributed by atoms with Gasteiger partial charge in [0.2, 0.25) is 11.8 Å². The normalized spacial score (nSPS) is 19.5. The maximum Gasteiger partial charge on any atom is 0.433 e. The van der Waals surface area contributed by atoms with Crippen LogP contribution >= 0.6 is 0 Å². The fraction of sp³-hybridized carbons (Fsp3) is 0.478. The van der Waals surface area contributed by atoms with Gasteiger partial charge in [0, 0.05) is 43.2 Å². The highest BCUT2D eigenvalue weighted by atomic mass is 19.4. The van der Waals surface area contributed by atoms with Crippen molar-refractivity contribution in [3.8, 4) is 11.4 Å². The molecule has 2 N–H and O–H groups in total. The lowest BCUT2D eigenvalue weighted by Gasteiger charge is -2.34. The van der Waals surface area contributed by atoms with Crippen LogP contribution in [0, 0.1) is 5.82 Å². The van der Waals surface area contributed by atoms with E-state index in [-0.39, 0.29) is 79.6 Å². The Morgan fingerprint density at radius 2 is 2.09 bits per heavy atom. The Morgan fingerprint density at radius 1 is 1.31 bits per heavy atom. The minimum atomic E-state index is -4.73. The molecule has 0 aliphatic carbocycles. The van der Waals surface area contributed by atoms with Gasteiger partial charge in [-0.3, -0.25) is 9.59 Å². The molecule has 1 aromatic heterocycles. The van der Waals surface area contributed by atoms with Gasteiger partial charge in [-0.2, -0.15) is 13.2 Å². The zero-order chi connectivity index (χ0) is 25.3. The standard InChI is InChI=1S/C23H25F4N5O3/c1-13-9-32(20(34)12-35-13)10-16(28)8-19(33)31-6-5-17-18(11-31)29-22(30-21(17)23(25,26)27)14-3-2-4-15(24)7-14/h2-4,7,13,16H,5-6,8-12,28H2,1H3/t13-,16+/m0/s1. The van der Waals surface area contributed by atoms with Gasteiger partial charge in [0.05, 0.1) is 18.3 Å². The number of carbonyl (C=O) groups is 2. The molecule has 35 heavy (non-hydrogen) atoms. The van der Waals surface area contributed by atoms with Crippen LogP contribution in [0.15, 0.2) is 24.3 Å². The average Bonchev–Trinajstić information content (AvgIpc) is 2.79. The number of aromatic nitrogens is 2. The SMILES string of the molecule is C[C@H]1CN(C[C@H](N)CC(=O)N2CCc3c(nc(-c4cccc(F)c4)nc3C(F)(F)F)C2)C(=O)CO1. The van der Waals surface area contributed by atoms with Gasteiger partial charge in [0.1, 0.15) is 12.4 Å². The number of carbonyl (C=O) groups excluding carboxylic acids is 2. The van der Waals surface area contributed by atoms with E-state index in [0.29, 0.717) is 6.54 Å². The van der Waals surface area contributed by atoms with Gasteiger partial charge in [-0.25, -0.2) is 14.4 Å². The highest BCUT2D eigenvalue weighted by molar-refractivity contribution is 5.79. The van der Waals surface area contributed by atoms with Gasteiger partial charge < -0.3 is 20.3 Å². The number of amides is 2. The van der Waals surface area contributed by atoms with E-state index in [4.69, 9.17) is 10.5 Å². The number of hydrogen-bond acceptors (Lipinski definition) is 6. The molecule has 3 heterocycles. The number of morpholine rings is 1. The van der Waals surface area contributed by atoms with Crippen LogP contribution in [0.3, 0.4) is 0 Å². The van der Waals surface area contributed by atoms with Crippen molar-refractivity contribution >= 4 is 11.8 Å². The first kappa shape index (κ1) is 25.0. The molecule has 2 amide bonds. The van der Waals surface area contributed by atoms with E-state index >= 15 is 0 Å². The van der Waals surface area contributed by atoms with Crippen LogP contribution in [0.25, 0.3) is 11.4 Å². The Kier molecular flexibility index (Phi) is 7.04. The molecule has 2 aliphatic rings. The van der Waals surface area contributed by atoms with Crippen molar-refractivity contribution in [2.45, 2.75) is 44.6 Å². The molecule has 1 aromatic carbocycles. The van der Waals surface area contributed by atoms with Crippen LogP contribution in [0.5, 0.6) is 0 Å². The number of alkyl halides is 3. The molecular weight excluding hydrogens is 470 g/mol. The molecule has 2 atom stereocenters. The van der Waals surface area contributed by atoms with E-state index in [1.807, 2.05) is 6.92 Å². The molecule has 1 saturated heterocycles. The Morgan fingerprint density at radius 3 is 2.80 bits per heavy atom. The highest BCUT2D eigenvalue weighted by Crippen LogP contribution is 2.35. The van der Waals surface area contributed by atoms with Crippen LogP contribution in [-0.4, -0.2) is 70.0 Å². The fourth-order valence-corrected chi connectivity index (χ4v) is 4.28. The first-order chi connectivity index (χ1) is 16.5. The molecule has 2 aromatic rings. The molecule has 0 spiro atoms. The first-order valence-corrected chi connectivity index (χ1v) is 11.2. The number of nitrogens with two attached hydrogens (primary N) is 1. The number of ether oxygens (including phenoxy) is 1. The third kappa shape index (κ3) is 5.76. The summed E-state index contributed by atoms with van der Waals surface area (Å²) in [6, 6.07) is 4.36. The maximum atomic E-state index is 13.8. The summed E-state index contributed by atoms with van der Waals surface area (Å²) in [6.45, 7) is 2.24. The van der Waals surface area contributed by atoms with Gasteiger partial charge in [-0.1, -0.05) is 12.1 Å². The zero-order valence-electron chi connectivity index (χ0n) is 19.0. The maximum absolute atomic E-state index is 13.8. The Labute approximate surface area is 199 Å². The largest absolute Gasteiger partial charge is 0.433 e. The summed E-state index contributed by atoms with van der Waals surface area (Å²) < 4.78 is 60.2. The summed E-state index contributed by atoms with van der Waals surface area (Å²) in [5.41, 5.74) is 5.14. The molecular formula is C23H25F4N5O3. The molecule has 0 unspecified atom stereocenters. The molecule has 4 rings (SSSR count).